The molecule has 0 radical (unpaired) electrons. The van der Waals surface area contributed by atoms with Gasteiger partial charge < -0.3 is 15.2 Å². The summed E-state index contributed by atoms with van der Waals surface area (Å²) in [6, 6.07) is 8.64. The summed E-state index contributed by atoms with van der Waals surface area (Å²) >= 11 is 0. The Kier molecular flexibility index (Phi) is 9.46. The van der Waals surface area contributed by atoms with Crippen molar-refractivity contribution in [2.75, 3.05) is 6.61 Å². The van der Waals surface area contributed by atoms with Gasteiger partial charge in [-0.1, -0.05) is 42.5 Å². The number of amides is 1. The molecule has 1 rings (SSSR count). The third-order valence-electron chi connectivity index (χ3n) is 3.71. The number of rotatable bonds is 12. The number of benzene rings is 1. The molecule has 1 amide bonds. The van der Waals surface area contributed by atoms with Gasteiger partial charge in [0, 0.05) is 6.42 Å². The Bertz CT molecular complexity index is 626. The van der Waals surface area contributed by atoms with E-state index in [1.807, 2.05) is 30.3 Å². The molecule has 0 fully saturated rings. The van der Waals surface area contributed by atoms with Crippen LogP contribution in [0.25, 0.3) is 0 Å². The molecule has 0 spiro atoms. The second kappa shape index (κ2) is 11.6. The summed E-state index contributed by atoms with van der Waals surface area (Å²) in [4.78, 5) is 35.1. The van der Waals surface area contributed by atoms with Gasteiger partial charge in [-0.3, -0.25) is 14.4 Å². The van der Waals surface area contributed by atoms with Gasteiger partial charge in [-0.15, -0.1) is 13.2 Å². The first kappa shape index (κ1) is 21.2. The summed E-state index contributed by atoms with van der Waals surface area (Å²) in [6.07, 6.45) is 3.87. The molecule has 0 heterocycles. The molecule has 0 aliphatic rings. The minimum Gasteiger partial charge on any atom is -0.481 e. The van der Waals surface area contributed by atoms with Gasteiger partial charge in [-0.25, -0.2) is 0 Å². The lowest BCUT2D eigenvalue weighted by atomic mass is 10.0. The van der Waals surface area contributed by atoms with E-state index < -0.39 is 23.9 Å². The zero-order valence-electron chi connectivity index (χ0n) is 14.7. The van der Waals surface area contributed by atoms with Crippen LogP contribution in [-0.2, 0) is 19.1 Å². The molecule has 0 saturated carbocycles. The van der Waals surface area contributed by atoms with Crippen LogP contribution in [0.3, 0.4) is 0 Å². The van der Waals surface area contributed by atoms with Crippen LogP contribution >= 0.6 is 0 Å². The average molecular weight is 359 g/mol. The van der Waals surface area contributed by atoms with Crippen LogP contribution in [0.5, 0.6) is 0 Å². The van der Waals surface area contributed by atoms with Gasteiger partial charge >= 0.3 is 11.9 Å². The van der Waals surface area contributed by atoms with Crippen molar-refractivity contribution in [1.82, 2.24) is 5.32 Å². The molecule has 0 bridgehead atoms. The van der Waals surface area contributed by atoms with Crippen LogP contribution in [0.4, 0.5) is 0 Å². The number of aliphatic carboxylic acids is 1. The highest BCUT2D eigenvalue weighted by Crippen LogP contribution is 2.17. The predicted molar refractivity (Wildman–Crippen MR) is 98.3 cm³/mol. The van der Waals surface area contributed by atoms with E-state index in [0.29, 0.717) is 12.8 Å². The predicted octanol–water partition coefficient (Wildman–Crippen LogP) is 3.02. The topological polar surface area (TPSA) is 92.7 Å². The van der Waals surface area contributed by atoms with E-state index in [1.54, 1.807) is 6.08 Å². The van der Waals surface area contributed by atoms with Gasteiger partial charge in [0.15, 0.2) is 0 Å². The van der Waals surface area contributed by atoms with Crippen LogP contribution in [0, 0.1) is 5.92 Å². The monoisotopic (exact) mass is 359 g/mol. The largest absolute Gasteiger partial charge is 0.481 e. The molecule has 1 aromatic rings. The summed E-state index contributed by atoms with van der Waals surface area (Å²) in [5.41, 5.74) is 0.797. The normalized spacial score (nSPS) is 12.5. The van der Waals surface area contributed by atoms with E-state index in [2.05, 4.69) is 18.5 Å². The first-order valence-electron chi connectivity index (χ1n) is 8.42. The van der Waals surface area contributed by atoms with Gasteiger partial charge in [0.05, 0.1) is 18.4 Å². The maximum atomic E-state index is 12.2. The number of carboxylic acid groups (broad SMARTS) is 1. The average Bonchev–Trinajstić information content (AvgIpc) is 2.63. The smallest absolute Gasteiger partial charge is 0.309 e. The number of hydrogen-bond donors (Lipinski definition) is 2. The van der Waals surface area contributed by atoms with E-state index >= 15 is 0 Å². The van der Waals surface area contributed by atoms with Crippen LogP contribution in [-0.4, -0.2) is 29.6 Å². The highest BCUT2D eigenvalue weighted by atomic mass is 16.5. The number of allylic oxidation sites excluding steroid dienone is 2. The number of nitrogens with one attached hydrogen (secondary N) is 1. The second-order valence-corrected chi connectivity index (χ2v) is 5.81. The van der Waals surface area contributed by atoms with Crippen LogP contribution < -0.4 is 5.32 Å². The summed E-state index contributed by atoms with van der Waals surface area (Å²) in [6.45, 7) is 7.05. The van der Waals surface area contributed by atoms with E-state index in [1.165, 1.54) is 6.08 Å². The summed E-state index contributed by atoms with van der Waals surface area (Å²) in [5.74, 6) is -2.67. The molecule has 2 N–H and O–H groups in total. The van der Waals surface area contributed by atoms with Crippen LogP contribution in [0.2, 0.25) is 0 Å². The van der Waals surface area contributed by atoms with Crippen molar-refractivity contribution < 1.29 is 24.2 Å². The van der Waals surface area contributed by atoms with Crippen LogP contribution in [0.15, 0.2) is 55.6 Å². The molecule has 6 nitrogen and oxygen atoms in total. The lowest BCUT2D eigenvalue weighted by Crippen LogP contribution is -2.33. The van der Waals surface area contributed by atoms with Gasteiger partial charge in [0.25, 0.3) is 0 Å². The Balaban J connectivity index is 2.76. The summed E-state index contributed by atoms with van der Waals surface area (Å²) < 4.78 is 5.29. The molecule has 1 aromatic carbocycles. The fourth-order valence-electron chi connectivity index (χ4n) is 2.36. The minimum atomic E-state index is -1.08. The lowest BCUT2D eigenvalue weighted by Gasteiger charge is -2.21. The Morgan fingerprint density at radius 3 is 2.42 bits per heavy atom. The first-order chi connectivity index (χ1) is 12.5. The number of esters is 1. The molecular weight excluding hydrogens is 334 g/mol. The molecular formula is C20H25NO5. The third kappa shape index (κ3) is 7.79. The summed E-state index contributed by atoms with van der Waals surface area (Å²) in [7, 11) is 0. The molecule has 2 atom stereocenters. The Morgan fingerprint density at radius 2 is 1.85 bits per heavy atom. The third-order valence-corrected chi connectivity index (χ3v) is 3.71. The molecule has 0 aliphatic carbocycles. The van der Waals surface area contributed by atoms with E-state index in [4.69, 9.17) is 9.84 Å². The first-order valence-corrected chi connectivity index (χ1v) is 8.42. The molecule has 0 aromatic heterocycles. The standard InChI is InChI=1S/C20H25NO5/c1-3-5-12-18(22)21-17(15-10-7-6-8-11-15)14-26-20(25)16(9-4-2)13-19(23)24/h3-4,6-8,10-11,16-17H,1-2,5,9,12-14H2,(H,21,22)(H,23,24)/t16-,17-/m0/s1. The van der Waals surface area contributed by atoms with Gasteiger partial charge in [-0.2, -0.15) is 0 Å². The quantitative estimate of drug-likeness (QED) is 0.442. The highest BCUT2D eigenvalue weighted by molar-refractivity contribution is 5.79. The van der Waals surface area contributed by atoms with E-state index in [9.17, 15) is 14.4 Å². The Hall–Kier alpha value is -2.89. The van der Waals surface area contributed by atoms with Crippen LogP contribution in [0.1, 0.15) is 37.3 Å². The van der Waals surface area contributed by atoms with Gasteiger partial charge in [0.2, 0.25) is 5.91 Å². The van der Waals surface area contributed by atoms with Gasteiger partial charge in [-0.05, 0) is 18.4 Å². The van der Waals surface area contributed by atoms with Crippen molar-refractivity contribution in [3.05, 3.63) is 61.2 Å². The molecule has 26 heavy (non-hydrogen) atoms. The molecule has 140 valence electrons. The number of carbonyl (C=O) groups is 3. The van der Waals surface area contributed by atoms with E-state index in [-0.39, 0.29) is 25.4 Å². The Labute approximate surface area is 153 Å². The van der Waals surface area contributed by atoms with Gasteiger partial charge in [0.1, 0.15) is 6.61 Å². The van der Waals surface area contributed by atoms with Crippen molar-refractivity contribution >= 4 is 17.8 Å². The second-order valence-electron chi connectivity index (χ2n) is 5.81. The fourth-order valence-corrected chi connectivity index (χ4v) is 2.36. The number of hydrogen-bond acceptors (Lipinski definition) is 4. The zero-order valence-corrected chi connectivity index (χ0v) is 14.7. The maximum Gasteiger partial charge on any atom is 0.309 e. The summed E-state index contributed by atoms with van der Waals surface area (Å²) in [5, 5.41) is 11.7. The minimum absolute atomic E-state index is 0.0735. The molecule has 0 unspecified atom stereocenters. The maximum absolute atomic E-state index is 12.2. The highest BCUT2D eigenvalue weighted by Gasteiger charge is 2.24. The molecule has 0 aliphatic heterocycles. The number of carbonyl (C=O) groups excluding carboxylic acids is 2. The van der Waals surface area contributed by atoms with Crippen molar-refractivity contribution in [1.29, 1.82) is 0 Å². The van der Waals surface area contributed by atoms with Crippen molar-refractivity contribution in [3.63, 3.8) is 0 Å². The van der Waals surface area contributed by atoms with E-state index in [0.717, 1.165) is 5.56 Å². The fraction of sp³-hybridized carbons (Fsp3) is 0.350. The van der Waals surface area contributed by atoms with Crippen molar-refractivity contribution in [3.8, 4) is 0 Å². The van der Waals surface area contributed by atoms with Crippen molar-refractivity contribution in [2.24, 2.45) is 5.92 Å². The molecule has 6 heteroatoms. The SMILES string of the molecule is C=CCCC(=O)N[C@@H](COC(=O)[C@@H](CC=C)CC(=O)O)c1ccccc1. The van der Waals surface area contributed by atoms with Crippen molar-refractivity contribution in [2.45, 2.75) is 31.7 Å². The number of carboxylic acids is 1. The molecule has 0 saturated heterocycles. The Morgan fingerprint density at radius 1 is 1.15 bits per heavy atom. The number of ether oxygens (including phenoxy) is 1. The zero-order chi connectivity index (χ0) is 19.4. The lowest BCUT2D eigenvalue weighted by molar-refractivity contribution is -0.153.